The van der Waals surface area contributed by atoms with Crippen molar-refractivity contribution in [3.05, 3.63) is 65.0 Å². The molecule has 0 bridgehead atoms. The molecular weight excluding hydrogens is 316 g/mol. The van der Waals surface area contributed by atoms with E-state index in [9.17, 15) is 4.79 Å². The molecule has 2 heterocycles. The second-order valence-electron chi connectivity index (χ2n) is 6.08. The standard InChI is InChI=1S/C19H18N4O2/c1-12-21-18(23-25-12)14-2-4-15(5-3-14)19(24)22-17-7-6-13-8-9-20-11-16(13)10-17/h2-7,10,20H,8-9,11H2,1H3,(H,22,24). The van der Waals surface area contributed by atoms with Gasteiger partial charge < -0.3 is 15.2 Å². The van der Waals surface area contributed by atoms with Crippen LogP contribution in [0.15, 0.2) is 47.0 Å². The Morgan fingerprint density at radius 1 is 1.16 bits per heavy atom. The van der Waals surface area contributed by atoms with Gasteiger partial charge in [-0.2, -0.15) is 4.98 Å². The summed E-state index contributed by atoms with van der Waals surface area (Å²) in [7, 11) is 0. The number of nitrogens with zero attached hydrogens (tertiary/aromatic N) is 2. The molecule has 0 spiro atoms. The average Bonchev–Trinajstić information content (AvgIpc) is 3.08. The van der Waals surface area contributed by atoms with Gasteiger partial charge in [-0.3, -0.25) is 4.79 Å². The number of carbonyl (C=O) groups is 1. The normalized spacial score (nSPS) is 13.3. The van der Waals surface area contributed by atoms with Crippen molar-refractivity contribution in [2.24, 2.45) is 0 Å². The Labute approximate surface area is 145 Å². The van der Waals surface area contributed by atoms with Crippen LogP contribution in [-0.2, 0) is 13.0 Å². The van der Waals surface area contributed by atoms with E-state index in [4.69, 9.17) is 4.52 Å². The summed E-state index contributed by atoms with van der Waals surface area (Å²) in [5, 5.41) is 10.2. The number of hydrogen-bond donors (Lipinski definition) is 2. The minimum Gasteiger partial charge on any atom is -0.339 e. The van der Waals surface area contributed by atoms with Gasteiger partial charge in [0.2, 0.25) is 11.7 Å². The zero-order valence-electron chi connectivity index (χ0n) is 13.9. The van der Waals surface area contributed by atoms with Crippen molar-refractivity contribution in [2.75, 3.05) is 11.9 Å². The van der Waals surface area contributed by atoms with E-state index in [1.807, 2.05) is 24.3 Å². The number of carbonyl (C=O) groups excluding carboxylic acids is 1. The number of amides is 1. The molecule has 1 aliphatic heterocycles. The van der Waals surface area contributed by atoms with Crippen molar-refractivity contribution in [3.8, 4) is 11.4 Å². The maximum Gasteiger partial charge on any atom is 0.255 e. The maximum absolute atomic E-state index is 12.5. The average molecular weight is 334 g/mol. The molecule has 1 aliphatic rings. The highest BCUT2D eigenvalue weighted by Gasteiger charge is 2.12. The number of aryl methyl sites for hydroxylation is 1. The van der Waals surface area contributed by atoms with Crippen LogP contribution in [0.1, 0.15) is 27.4 Å². The molecule has 2 N–H and O–H groups in total. The van der Waals surface area contributed by atoms with Gasteiger partial charge in [0.25, 0.3) is 5.91 Å². The second-order valence-corrected chi connectivity index (χ2v) is 6.08. The summed E-state index contributed by atoms with van der Waals surface area (Å²) in [5.74, 6) is 0.893. The lowest BCUT2D eigenvalue weighted by molar-refractivity contribution is 0.102. The second kappa shape index (κ2) is 6.49. The van der Waals surface area contributed by atoms with Crippen LogP contribution in [0, 0.1) is 6.92 Å². The molecule has 1 aromatic heterocycles. The molecule has 6 heteroatoms. The van der Waals surface area contributed by atoms with E-state index < -0.39 is 0 Å². The van der Waals surface area contributed by atoms with Crippen molar-refractivity contribution in [1.29, 1.82) is 0 Å². The molecule has 0 radical (unpaired) electrons. The molecule has 0 saturated carbocycles. The monoisotopic (exact) mass is 334 g/mol. The topological polar surface area (TPSA) is 80.0 Å². The fourth-order valence-corrected chi connectivity index (χ4v) is 2.95. The first-order valence-electron chi connectivity index (χ1n) is 8.24. The van der Waals surface area contributed by atoms with Crippen LogP contribution in [0.4, 0.5) is 5.69 Å². The maximum atomic E-state index is 12.5. The SMILES string of the molecule is Cc1nc(-c2ccc(C(=O)Nc3ccc4c(c3)CNCC4)cc2)no1. The quantitative estimate of drug-likeness (QED) is 0.770. The number of nitrogens with one attached hydrogen (secondary N) is 2. The van der Waals surface area contributed by atoms with Gasteiger partial charge in [-0.25, -0.2) is 0 Å². The molecule has 25 heavy (non-hydrogen) atoms. The predicted octanol–water partition coefficient (Wildman–Crippen LogP) is 2.94. The molecule has 4 rings (SSSR count). The lowest BCUT2D eigenvalue weighted by Crippen LogP contribution is -2.23. The van der Waals surface area contributed by atoms with Gasteiger partial charge in [-0.15, -0.1) is 0 Å². The van der Waals surface area contributed by atoms with Crippen LogP contribution in [0.25, 0.3) is 11.4 Å². The summed E-state index contributed by atoms with van der Waals surface area (Å²) in [5.41, 5.74) is 4.79. The Kier molecular flexibility index (Phi) is 4.03. The third-order valence-electron chi connectivity index (χ3n) is 4.28. The lowest BCUT2D eigenvalue weighted by Gasteiger charge is -2.18. The minimum atomic E-state index is -0.139. The molecule has 126 valence electrons. The highest BCUT2D eigenvalue weighted by atomic mass is 16.5. The molecular formula is C19H18N4O2. The summed E-state index contributed by atoms with van der Waals surface area (Å²) in [6.45, 7) is 3.59. The van der Waals surface area contributed by atoms with Crippen LogP contribution in [-0.4, -0.2) is 22.6 Å². The van der Waals surface area contributed by atoms with E-state index in [0.717, 1.165) is 30.8 Å². The number of benzene rings is 2. The first-order chi connectivity index (χ1) is 12.2. The lowest BCUT2D eigenvalue weighted by atomic mass is 10.0. The first kappa shape index (κ1) is 15.5. The summed E-state index contributed by atoms with van der Waals surface area (Å²) < 4.78 is 4.98. The predicted molar refractivity (Wildman–Crippen MR) is 94.3 cm³/mol. The highest BCUT2D eigenvalue weighted by Crippen LogP contribution is 2.20. The molecule has 6 nitrogen and oxygen atoms in total. The number of aromatic nitrogens is 2. The Bertz CT molecular complexity index is 915. The molecule has 0 aliphatic carbocycles. The van der Waals surface area contributed by atoms with Crippen LogP contribution in [0.5, 0.6) is 0 Å². The zero-order chi connectivity index (χ0) is 17.2. The number of rotatable bonds is 3. The summed E-state index contributed by atoms with van der Waals surface area (Å²) in [4.78, 5) is 16.6. The minimum absolute atomic E-state index is 0.139. The van der Waals surface area contributed by atoms with E-state index in [2.05, 4.69) is 26.8 Å². The van der Waals surface area contributed by atoms with E-state index in [0.29, 0.717) is 17.3 Å². The van der Waals surface area contributed by atoms with E-state index in [1.165, 1.54) is 11.1 Å². The van der Waals surface area contributed by atoms with Crippen molar-refractivity contribution in [3.63, 3.8) is 0 Å². The molecule has 0 fully saturated rings. The Balaban J connectivity index is 1.49. The van der Waals surface area contributed by atoms with Gasteiger partial charge in [0.1, 0.15) is 0 Å². The summed E-state index contributed by atoms with van der Waals surface area (Å²) >= 11 is 0. The smallest absolute Gasteiger partial charge is 0.255 e. The van der Waals surface area contributed by atoms with Crippen LogP contribution < -0.4 is 10.6 Å². The third kappa shape index (κ3) is 3.29. The van der Waals surface area contributed by atoms with E-state index in [1.54, 1.807) is 19.1 Å². The number of hydrogen-bond acceptors (Lipinski definition) is 5. The van der Waals surface area contributed by atoms with Crippen molar-refractivity contribution in [1.82, 2.24) is 15.5 Å². The number of fused-ring (bicyclic) bond motifs is 1. The zero-order valence-corrected chi connectivity index (χ0v) is 13.9. The van der Waals surface area contributed by atoms with Gasteiger partial charge in [-0.1, -0.05) is 23.4 Å². The fourth-order valence-electron chi connectivity index (χ4n) is 2.95. The van der Waals surface area contributed by atoms with E-state index >= 15 is 0 Å². The van der Waals surface area contributed by atoms with Crippen molar-refractivity contribution in [2.45, 2.75) is 19.9 Å². The molecule has 0 atom stereocenters. The van der Waals surface area contributed by atoms with Crippen molar-refractivity contribution < 1.29 is 9.32 Å². The molecule has 2 aromatic carbocycles. The Hall–Kier alpha value is -2.99. The summed E-state index contributed by atoms with van der Waals surface area (Å²) in [6, 6.07) is 13.2. The van der Waals surface area contributed by atoms with Crippen molar-refractivity contribution >= 4 is 11.6 Å². The van der Waals surface area contributed by atoms with Crippen LogP contribution >= 0.6 is 0 Å². The largest absolute Gasteiger partial charge is 0.339 e. The Morgan fingerprint density at radius 2 is 2.00 bits per heavy atom. The van der Waals surface area contributed by atoms with E-state index in [-0.39, 0.29) is 5.91 Å². The fraction of sp³-hybridized carbons (Fsp3) is 0.211. The van der Waals surface area contributed by atoms with Gasteiger partial charge in [0.15, 0.2) is 0 Å². The Morgan fingerprint density at radius 3 is 2.76 bits per heavy atom. The molecule has 0 saturated heterocycles. The van der Waals surface area contributed by atoms with Gasteiger partial charge in [-0.05, 0) is 48.4 Å². The van der Waals surface area contributed by atoms with Gasteiger partial charge >= 0.3 is 0 Å². The van der Waals surface area contributed by atoms with Gasteiger partial charge in [0, 0.05) is 30.3 Å². The molecule has 3 aromatic rings. The third-order valence-corrected chi connectivity index (χ3v) is 4.28. The molecule has 0 unspecified atom stereocenters. The first-order valence-corrected chi connectivity index (χ1v) is 8.24. The van der Waals surface area contributed by atoms with Gasteiger partial charge in [0.05, 0.1) is 0 Å². The number of anilines is 1. The van der Waals surface area contributed by atoms with Crippen LogP contribution in [0.2, 0.25) is 0 Å². The molecule has 1 amide bonds. The van der Waals surface area contributed by atoms with Crippen LogP contribution in [0.3, 0.4) is 0 Å². The highest BCUT2D eigenvalue weighted by molar-refractivity contribution is 6.04. The summed E-state index contributed by atoms with van der Waals surface area (Å²) in [6.07, 6.45) is 1.03.